The monoisotopic (exact) mass is 426 g/mol. The van der Waals surface area contributed by atoms with Gasteiger partial charge in [0.05, 0.1) is 4.91 Å². The van der Waals surface area contributed by atoms with Crippen LogP contribution in [0.5, 0.6) is 0 Å². The lowest BCUT2D eigenvalue weighted by atomic mass is 10.1. The number of likely N-dealkylation sites (N-methyl/N-ethyl adjacent to an activating group) is 1. The molecule has 1 saturated heterocycles. The Hall–Kier alpha value is -2.97. The molecule has 6 nitrogen and oxygen atoms in total. The highest BCUT2D eigenvalue weighted by Gasteiger charge is 2.28. The molecule has 0 bridgehead atoms. The molecule has 0 aliphatic carbocycles. The fourth-order valence-electron chi connectivity index (χ4n) is 2.72. The maximum absolute atomic E-state index is 12.5. The fourth-order valence-corrected chi connectivity index (χ4v) is 3.90. The van der Waals surface area contributed by atoms with Gasteiger partial charge in [-0.3, -0.25) is 14.5 Å². The molecule has 1 heterocycles. The molecule has 0 unspecified atom stereocenters. The topological polar surface area (TPSA) is 86.7 Å². The lowest BCUT2D eigenvalue weighted by molar-refractivity contribution is -0.139. The maximum Gasteiger partial charge on any atom is 0.326 e. The second-order valence-corrected chi connectivity index (χ2v) is 8.09. The summed E-state index contributed by atoms with van der Waals surface area (Å²) < 4.78 is 0.496. The lowest BCUT2D eigenvalue weighted by Gasteiger charge is -2.15. The molecule has 2 aromatic rings. The molecule has 2 amide bonds. The molecule has 0 saturated carbocycles. The van der Waals surface area contributed by atoms with Crippen LogP contribution in [0.3, 0.4) is 0 Å². The van der Waals surface area contributed by atoms with Gasteiger partial charge in [0.1, 0.15) is 10.4 Å². The Morgan fingerprint density at radius 1 is 1.17 bits per heavy atom. The first-order valence-corrected chi connectivity index (χ1v) is 9.97. The van der Waals surface area contributed by atoms with Crippen LogP contribution in [-0.2, 0) is 16.0 Å². The van der Waals surface area contributed by atoms with Crippen molar-refractivity contribution in [3.8, 4) is 0 Å². The van der Waals surface area contributed by atoms with Gasteiger partial charge in [0.25, 0.3) is 11.8 Å². The molecule has 2 aromatic carbocycles. The summed E-state index contributed by atoms with van der Waals surface area (Å²) in [7, 11) is 1.63. The Bertz CT molecular complexity index is 988. The average Bonchev–Trinajstić information content (AvgIpc) is 2.95. The summed E-state index contributed by atoms with van der Waals surface area (Å²) >= 11 is 6.33. The standard InChI is InChI=1S/C21H18N2O4S2/c1-23-19(25)17(29-21(23)28)12-14-7-9-15(10-8-14)18(24)22-16(20(26)27)11-13-5-3-2-4-6-13/h2-10,12,16H,11H2,1H3,(H,22,24)(H,26,27)/b17-12+/t16-/m1/s1. The van der Waals surface area contributed by atoms with Gasteiger partial charge in [0.15, 0.2) is 0 Å². The van der Waals surface area contributed by atoms with Crippen molar-refractivity contribution in [2.24, 2.45) is 0 Å². The van der Waals surface area contributed by atoms with Gasteiger partial charge in [-0.1, -0.05) is 66.4 Å². The van der Waals surface area contributed by atoms with Crippen LogP contribution in [0.1, 0.15) is 21.5 Å². The number of nitrogens with one attached hydrogen (secondary N) is 1. The van der Waals surface area contributed by atoms with Crippen molar-refractivity contribution in [1.29, 1.82) is 0 Å². The number of amides is 2. The molecule has 1 fully saturated rings. The number of carboxylic acids is 1. The van der Waals surface area contributed by atoms with Crippen LogP contribution in [0.4, 0.5) is 0 Å². The number of rotatable bonds is 6. The van der Waals surface area contributed by atoms with Crippen molar-refractivity contribution in [3.05, 3.63) is 76.2 Å². The molecule has 1 aliphatic rings. The summed E-state index contributed by atoms with van der Waals surface area (Å²) in [6, 6.07) is 14.7. The maximum atomic E-state index is 12.5. The first-order chi connectivity index (χ1) is 13.8. The highest BCUT2D eigenvalue weighted by Crippen LogP contribution is 2.31. The van der Waals surface area contributed by atoms with Crippen molar-refractivity contribution < 1.29 is 19.5 Å². The Labute approximate surface area is 177 Å². The van der Waals surface area contributed by atoms with E-state index in [4.69, 9.17) is 12.2 Å². The van der Waals surface area contributed by atoms with E-state index in [-0.39, 0.29) is 12.3 Å². The number of carbonyl (C=O) groups is 3. The molecule has 29 heavy (non-hydrogen) atoms. The number of carboxylic acid groups (broad SMARTS) is 1. The minimum atomic E-state index is -1.10. The summed E-state index contributed by atoms with van der Waals surface area (Å²) in [6.07, 6.45) is 1.90. The van der Waals surface area contributed by atoms with E-state index < -0.39 is 17.9 Å². The van der Waals surface area contributed by atoms with Gasteiger partial charge >= 0.3 is 5.97 Å². The summed E-state index contributed by atoms with van der Waals surface area (Å²) in [5, 5.41) is 12.0. The lowest BCUT2D eigenvalue weighted by Crippen LogP contribution is -2.42. The highest BCUT2D eigenvalue weighted by molar-refractivity contribution is 8.26. The van der Waals surface area contributed by atoms with E-state index in [2.05, 4.69) is 5.32 Å². The van der Waals surface area contributed by atoms with Crippen molar-refractivity contribution in [3.63, 3.8) is 0 Å². The zero-order valence-corrected chi connectivity index (χ0v) is 17.1. The van der Waals surface area contributed by atoms with E-state index in [1.165, 1.54) is 16.7 Å². The Kier molecular flexibility index (Phi) is 6.46. The van der Waals surface area contributed by atoms with Gasteiger partial charge in [-0.2, -0.15) is 0 Å². The van der Waals surface area contributed by atoms with Gasteiger partial charge in [0.2, 0.25) is 0 Å². The largest absolute Gasteiger partial charge is 0.480 e. The van der Waals surface area contributed by atoms with Crippen LogP contribution < -0.4 is 5.32 Å². The Balaban J connectivity index is 1.69. The smallest absolute Gasteiger partial charge is 0.326 e. The third-order valence-corrected chi connectivity index (χ3v) is 5.83. The van der Waals surface area contributed by atoms with Crippen molar-refractivity contribution >= 4 is 52.2 Å². The van der Waals surface area contributed by atoms with Crippen LogP contribution in [0.15, 0.2) is 59.5 Å². The normalized spacial score (nSPS) is 16.2. The van der Waals surface area contributed by atoms with E-state index in [1.807, 2.05) is 30.3 Å². The average molecular weight is 427 g/mol. The van der Waals surface area contributed by atoms with Crippen molar-refractivity contribution in [2.75, 3.05) is 7.05 Å². The molecule has 3 rings (SSSR count). The molecule has 0 radical (unpaired) electrons. The van der Waals surface area contributed by atoms with Gasteiger partial charge in [-0.25, -0.2) is 4.79 Å². The zero-order valence-electron chi connectivity index (χ0n) is 15.5. The summed E-state index contributed by atoms with van der Waals surface area (Å²) in [5.41, 5.74) is 1.91. The molecule has 0 aromatic heterocycles. The van der Waals surface area contributed by atoms with E-state index in [1.54, 1.807) is 37.4 Å². The summed E-state index contributed by atoms with van der Waals surface area (Å²) in [6.45, 7) is 0. The van der Waals surface area contributed by atoms with Crippen molar-refractivity contribution in [2.45, 2.75) is 12.5 Å². The minimum Gasteiger partial charge on any atom is -0.480 e. The third-order valence-electron chi connectivity index (χ3n) is 4.34. The molecule has 148 valence electrons. The zero-order chi connectivity index (χ0) is 21.0. The molecular weight excluding hydrogens is 408 g/mol. The quantitative estimate of drug-likeness (QED) is 0.546. The van der Waals surface area contributed by atoms with Gasteiger partial charge in [-0.05, 0) is 29.3 Å². The van der Waals surface area contributed by atoms with Gasteiger partial charge in [0, 0.05) is 19.0 Å². The second kappa shape index (κ2) is 9.02. The fraction of sp³-hybridized carbons (Fsp3) is 0.143. The van der Waals surface area contributed by atoms with Crippen molar-refractivity contribution in [1.82, 2.24) is 10.2 Å². The van der Waals surface area contributed by atoms with Gasteiger partial charge in [-0.15, -0.1) is 0 Å². The molecule has 8 heteroatoms. The SMILES string of the molecule is CN1C(=O)/C(=C\c2ccc(C(=O)N[C@H](Cc3ccccc3)C(=O)O)cc2)SC1=S. The van der Waals surface area contributed by atoms with Crippen LogP contribution in [0, 0.1) is 0 Å². The number of thioether (sulfide) groups is 1. The third kappa shape index (κ3) is 5.10. The first-order valence-electron chi connectivity index (χ1n) is 8.74. The number of nitrogens with zero attached hydrogens (tertiary/aromatic N) is 1. The van der Waals surface area contributed by atoms with Crippen LogP contribution in [0.2, 0.25) is 0 Å². The van der Waals surface area contributed by atoms with E-state index in [9.17, 15) is 19.5 Å². The van der Waals surface area contributed by atoms with Crippen LogP contribution >= 0.6 is 24.0 Å². The number of carbonyl (C=O) groups excluding carboxylic acids is 2. The van der Waals surface area contributed by atoms with E-state index in [0.29, 0.717) is 14.8 Å². The Morgan fingerprint density at radius 3 is 2.38 bits per heavy atom. The molecule has 2 N–H and O–H groups in total. The number of thiocarbonyl (C=S) groups is 1. The molecule has 1 atom stereocenters. The predicted octanol–water partition coefficient (Wildman–Crippen LogP) is 2.94. The highest BCUT2D eigenvalue weighted by atomic mass is 32.2. The number of aliphatic carboxylic acids is 1. The predicted molar refractivity (Wildman–Crippen MR) is 116 cm³/mol. The number of hydrogen-bond acceptors (Lipinski definition) is 5. The molecule has 1 aliphatic heterocycles. The number of benzene rings is 2. The van der Waals surface area contributed by atoms with Crippen LogP contribution in [0.25, 0.3) is 6.08 Å². The molecule has 0 spiro atoms. The van der Waals surface area contributed by atoms with Crippen LogP contribution in [-0.4, -0.2) is 45.2 Å². The Morgan fingerprint density at radius 2 is 1.83 bits per heavy atom. The second-order valence-electron chi connectivity index (χ2n) is 6.42. The summed E-state index contributed by atoms with van der Waals surface area (Å²) in [5.74, 6) is -1.73. The minimum absolute atomic E-state index is 0.160. The number of hydrogen-bond donors (Lipinski definition) is 2. The van der Waals surface area contributed by atoms with Gasteiger partial charge < -0.3 is 10.4 Å². The molecular formula is C21H18N2O4S2. The van der Waals surface area contributed by atoms with E-state index in [0.717, 1.165) is 11.1 Å². The van der Waals surface area contributed by atoms with E-state index >= 15 is 0 Å². The first kappa shape index (κ1) is 20.8. The summed E-state index contributed by atoms with van der Waals surface area (Å²) in [4.78, 5) is 38.0.